The molecule has 1 aromatic rings. The van der Waals surface area contributed by atoms with E-state index in [1.165, 1.54) is 0 Å². The molecular formula is C13H18F2N2O. The van der Waals surface area contributed by atoms with Crippen LogP contribution < -0.4 is 11.1 Å². The first kappa shape index (κ1) is 13.1. The summed E-state index contributed by atoms with van der Waals surface area (Å²) in [6, 6.07) is 1.89. The molecule has 1 fully saturated rings. The quantitative estimate of drug-likeness (QED) is 0.729. The second kappa shape index (κ2) is 5.10. The van der Waals surface area contributed by atoms with Crippen LogP contribution in [-0.4, -0.2) is 17.3 Å². The first-order valence-corrected chi connectivity index (χ1v) is 6.21. The summed E-state index contributed by atoms with van der Waals surface area (Å²) in [6.45, 7) is 0.264. The normalized spacial score (nSPS) is 18.6. The monoisotopic (exact) mass is 256 g/mol. The van der Waals surface area contributed by atoms with E-state index in [1.54, 1.807) is 0 Å². The molecular weight excluding hydrogens is 238 g/mol. The van der Waals surface area contributed by atoms with Gasteiger partial charge >= 0.3 is 0 Å². The fraction of sp³-hybridized carbons (Fsp3) is 0.538. The van der Waals surface area contributed by atoms with Crippen LogP contribution in [0.1, 0.15) is 32.1 Å². The number of nitrogen functional groups attached to an aromatic ring is 1. The van der Waals surface area contributed by atoms with Gasteiger partial charge in [-0.1, -0.05) is 19.3 Å². The zero-order chi connectivity index (χ0) is 13.2. The third kappa shape index (κ3) is 2.90. The molecule has 0 saturated heterocycles. The number of hydrogen-bond acceptors (Lipinski definition) is 3. The minimum atomic E-state index is -0.798. The highest BCUT2D eigenvalue weighted by Crippen LogP contribution is 2.30. The van der Waals surface area contributed by atoms with Crippen LogP contribution in [0.4, 0.5) is 20.2 Å². The van der Waals surface area contributed by atoms with Crippen molar-refractivity contribution >= 4 is 11.4 Å². The van der Waals surface area contributed by atoms with E-state index in [9.17, 15) is 13.9 Å². The van der Waals surface area contributed by atoms with Crippen molar-refractivity contribution < 1.29 is 13.9 Å². The lowest BCUT2D eigenvalue weighted by Crippen LogP contribution is -2.38. The number of benzene rings is 1. The van der Waals surface area contributed by atoms with Crippen molar-refractivity contribution in [3.63, 3.8) is 0 Å². The summed E-state index contributed by atoms with van der Waals surface area (Å²) < 4.78 is 26.3. The Morgan fingerprint density at radius 2 is 1.89 bits per heavy atom. The van der Waals surface area contributed by atoms with Gasteiger partial charge in [-0.25, -0.2) is 8.78 Å². The lowest BCUT2D eigenvalue weighted by Gasteiger charge is -2.32. The highest BCUT2D eigenvalue weighted by atomic mass is 19.1. The molecule has 0 unspecified atom stereocenters. The molecule has 0 atom stereocenters. The SMILES string of the molecule is Nc1c(F)cc(F)cc1NCC1(O)CCCCC1. The molecule has 2 rings (SSSR count). The summed E-state index contributed by atoms with van der Waals surface area (Å²) in [5.41, 5.74) is 4.81. The third-order valence-electron chi connectivity index (χ3n) is 3.49. The molecule has 0 spiro atoms. The summed E-state index contributed by atoms with van der Waals surface area (Å²) in [5.74, 6) is -1.46. The summed E-state index contributed by atoms with van der Waals surface area (Å²) in [7, 11) is 0. The smallest absolute Gasteiger partial charge is 0.151 e. The molecule has 1 aromatic carbocycles. The van der Waals surface area contributed by atoms with E-state index in [0.29, 0.717) is 12.8 Å². The Labute approximate surface area is 105 Å². The summed E-state index contributed by atoms with van der Waals surface area (Å²) >= 11 is 0. The van der Waals surface area contributed by atoms with Crippen molar-refractivity contribution in [3.8, 4) is 0 Å². The Balaban J connectivity index is 2.05. The first-order chi connectivity index (χ1) is 8.50. The number of nitrogens with two attached hydrogens (primary N) is 1. The van der Waals surface area contributed by atoms with Gasteiger partial charge in [0.15, 0.2) is 5.82 Å². The lowest BCUT2D eigenvalue weighted by molar-refractivity contribution is 0.0167. The summed E-state index contributed by atoms with van der Waals surface area (Å²) in [6.07, 6.45) is 4.49. The average Bonchev–Trinajstić information content (AvgIpc) is 2.33. The number of aliphatic hydroxyl groups is 1. The third-order valence-corrected chi connectivity index (χ3v) is 3.49. The molecule has 4 N–H and O–H groups in total. The van der Waals surface area contributed by atoms with Gasteiger partial charge in [0.2, 0.25) is 0 Å². The number of nitrogens with one attached hydrogen (secondary N) is 1. The predicted octanol–water partition coefficient (Wildman–Crippen LogP) is 2.65. The first-order valence-electron chi connectivity index (χ1n) is 6.21. The molecule has 0 aliphatic heterocycles. The fourth-order valence-corrected chi connectivity index (χ4v) is 2.38. The molecule has 1 aliphatic rings. The van der Waals surface area contributed by atoms with Crippen LogP contribution in [0.3, 0.4) is 0 Å². The Morgan fingerprint density at radius 3 is 2.56 bits per heavy atom. The van der Waals surface area contributed by atoms with Crippen LogP contribution in [0.5, 0.6) is 0 Å². The number of rotatable bonds is 3. The molecule has 0 aromatic heterocycles. The van der Waals surface area contributed by atoms with Crippen LogP contribution in [0.25, 0.3) is 0 Å². The molecule has 1 saturated carbocycles. The highest BCUT2D eigenvalue weighted by Gasteiger charge is 2.29. The minimum absolute atomic E-state index is 0.115. The number of anilines is 2. The number of halogens is 2. The zero-order valence-electron chi connectivity index (χ0n) is 10.2. The van der Waals surface area contributed by atoms with Crippen LogP contribution in [0, 0.1) is 11.6 Å². The molecule has 18 heavy (non-hydrogen) atoms. The molecule has 0 heterocycles. The molecule has 0 bridgehead atoms. The largest absolute Gasteiger partial charge is 0.395 e. The van der Waals surface area contributed by atoms with Gasteiger partial charge in [-0.2, -0.15) is 0 Å². The van der Waals surface area contributed by atoms with Gasteiger partial charge in [0.1, 0.15) is 5.82 Å². The Bertz CT molecular complexity index is 431. The van der Waals surface area contributed by atoms with Crippen molar-refractivity contribution in [1.29, 1.82) is 0 Å². The van der Waals surface area contributed by atoms with Gasteiger partial charge < -0.3 is 16.2 Å². The van der Waals surface area contributed by atoms with E-state index in [4.69, 9.17) is 5.73 Å². The van der Waals surface area contributed by atoms with Gasteiger partial charge in [0, 0.05) is 12.6 Å². The van der Waals surface area contributed by atoms with Gasteiger partial charge in [-0.15, -0.1) is 0 Å². The maximum absolute atomic E-state index is 13.2. The standard InChI is InChI=1S/C13H18F2N2O/c14-9-6-10(15)12(16)11(7-9)17-8-13(18)4-2-1-3-5-13/h6-7,17-18H,1-5,8,16H2. The van der Waals surface area contributed by atoms with E-state index in [2.05, 4.69) is 5.32 Å². The fourth-order valence-electron chi connectivity index (χ4n) is 2.38. The van der Waals surface area contributed by atoms with Crippen molar-refractivity contribution in [2.24, 2.45) is 0 Å². The molecule has 100 valence electrons. The van der Waals surface area contributed by atoms with Crippen molar-refractivity contribution in [2.75, 3.05) is 17.6 Å². The van der Waals surface area contributed by atoms with E-state index in [-0.39, 0.29) is 17.9 Å². The average molecular weight is 256 g/mol. The van der Waals surface area contributed by atoms with Crippen LogP contribution in [0.2, 0.25) is 0 Å². The minimum Gasteiger partial charge on any atom is -0.395 e. The van der Waals surface area contributed by atoms with E-state index in [1.807, 2.05) is 0 Å². The zero-order valence-corrected chi connectivity index (χ0v) is 10.2. The maximum Gasteiger partial charge on any atom is 0.151 e. The second-order valence-corrected chi connectivity index (χ2v) is 4.99. The Hall–Kier alpha value is -1.36. The molecule has 0 amide bonds. The van der Waals surface area contributed by atoms with Gasteiger partial charge in [0.25, 0.3) is 0 Å². The summed E-state index contributed by atoms with van der Waals surface area (Å²) in [4.78, 5) is 0. The van der Waals surface area contributed by atoms with Gasteiger partial charge in [-0.3, -0.25) is 0 Å². The molecule has 3 nitrogen and oxygen atoms in total. The molecule has 5 heteroatoms. The lowest BCUT2D eigenvalue weighted by atomic mass is 9.85. The predicted molar refractivity (Wildman–Crippen MR) is 67.3 cm³/mol. The Kier molecular flexibility index (Phi) is 3.71. The van der Waals surface area contributed by atoms with Crippen molar-refractivity contribution in [3.05, 3.63) is 23.8 Å². The highest BCUT2D eigenvalue weighted by molar-refractivity contribution is 5.66. The molecule has 0 radical (unpaired) electrons. The Morgan fingerprint density at radius 1 is 1.22 bits per heavy atom. The van der Waals surface area contributed by atoms with Gasteiger partial charge in [-0.05, 0) is 18.9 Å². The van der Waals surface area contributed by atoms with Gasteiger partial charge in [0.05, 0.1) is 17.0 Å². The van der Waals surface area contributed by atoms with E-state index < -0.39 is 17.2 Å². The van der Waals surface area contributed by atoms with Crippen LogP contribution >= 0.6 is 0 Å². The topological polar surface area (TPSA) is 58.3 Å². The summed E-state index contributed by atoms with van der Waals surface area (Å²) in [5, 5.41) is 13.1. The van der Waals surface area contributed by atoms with E-state index >= 15 is 0 Å². The molecule has 1 aliphatic carbocycles. The van der Waals surface area contributed by atoms with Crippen LogP contribution in [0.15, 0.2) is 12.1 Å². The van der Waals surface area contributed by atoms with Crippen LogP contribution in [-0.2, 0) is 0 Å². The maximum atomic E-state index is 13.2. The second-order valence-electron chi connectivity index (χ2n) is 4.99. The van der Waals surface area contributed by atoms with E-state index in [0.717, 1.165) is 31.4 Å². The van der Waals surface area contributed by atoms with Crippen molar-refractivity contribution in [1.82, 2.24) is 0 Å². The van der Waals surface area contributed by atoms with Crippen molar-refractivity contribution in [2.45, 2.75) is 37.7 Å². The number of hydrogen-bond donors (Lipinski definition) is 3.